The second-order valence-electron chi connectivity index (χ2n) is 4.80. The molecule has 0 aromatic heterocycles. The summed E-state index contributed by atoms with van der Waals surface area (Å²) < 4.78 is 13.5. The lowest BCUT2D eigenvalue weighted by atomic mass is 10.2. The molecule has 2 rings (SSSR count). The molecule has 1 saturated carbocycles. The van der Waals surface area contributed by atoms with E-state index in [2.05, 4.69) is 5.32 Å². The van der Waals surface area contributed by atoms with Crippen LogP contribution in [-0.2, 0) is 4.79 Å². The molecule has 0 saturated heterocycles. The van der Waals surface area contributed by atoms with Crippen LogP contribution in [0.4, 0.5) is 15.8 Å². The van der Waals surface area contributed by atoms with Crippen molar-refractivity contribution in [1.82, 2.24) is 4.90 Å². The molecule has 4 nitrogen and oxygen atoms in total. The fourth-order valence-corrected chi connectivity index (χ4v) is 1.86. The van der Waals surface area contributed by atoms with Crippen LogP contribution in [0.5, 0.6) is 0 Å². The lowest BCUT2D eigenvalue weighted by Crippen LogP contribution is -2.40. The minimum atomic E-state index is -0.473. The third-order valence-corrected chi connectivity index (χ3v) is 3.36. The zero-order valence-corrected chi connectivity index (χ0v) is 10.6. The highest BCUT2D eigenvalue weighted by molar-refractivity contribution is 5.95. The van der Waals surface area contributed by atoms with Gasteiger partial charge in [0.1, 0.15) is 5.82 Å². The summed E-state index contributed by atoms with van der Waals surface area (Å²) in [5, 5.41) is 2.58. The monoisotopic (exact) mass is 251 g/mol. The second-order valence-corrected chi connectivity index (χ2v) is 4.80. The third-order valence-electron chi connectivity index (χ3n) is 3.36. The Morgan fingerprint density at radius 3 is 2.83 bits per heavy atom. The third kappa shape index (κ3) is 2.79. The molecule has 0 radical (unpaired) electrons. The van der Waals surface area contributed by atoms with Gasteiger partial charge in [-0.05, 0) is 45.0 Å². The number of carbonyl (C=O) groups excluding carboxylic acids is 1. The highest BCUT2D eigenvalue weighted by Gasteiger charge is 2.32. The maximum atomic E-state index is 13.5. The van der Waals surface area contributed by atoms with Crippen molar-refractivity contribution in [2.75, 3.05) is 18.1 Å². The predicted molar refractivity (Wildman–Crippen MR) is 69.7 cm³/mol. The van der Waals surface area contributed by atoms with Crippen LogP contribution in [0.25, 0.3) is 0 Å². The van der Waals surface area contributed by atoms with E-state index in [1.165, 1.54) is 18.2 Å². The molecule has 3 N–H and O–H groups in total. The number of hydrogen-bond donors (Lipinski definition) is 2. The van der Waals surface area contributed by atoms with E-state index >= 15 is 0 Å². The topological polar surface area (TPSA) is 58.4 Å². The van der Waals surface area contributed by atoms with Crippen molar-refractivity contribution in [3.05, 3.63) is 24.0 Å². The Balaban J connectivity index is 2.03. The maximum absolute atomic E-state index is 13.5. The smallest absolute Gasteiger partial charge is 0.241 e. The summed E-state index contributed by atoms with van der Waals surface area (Å²) in [5.74, 6) is -0.687. The van der Waals surface area contributed by atoms with Gasteiger partial charge in [0.25, 0.3) is 0 Å². The van der Waals surface area contributed by atoms with Gasteiger partial charge in [-0.25, -0.2) is 4.39 Å². The number of nitrogen functional groups attached to an aromatic ring is 1. The summed E-state index contributed by atoms with van der Waals surface area (Å²) >= 11 is 0. The molecular formula is C13H18FN3O. The van der Waals surface area contributed by atoms with Crippen molar-refractivity contribution >= 4 is 17.3 Å². The van der Waals surface area contributed by atoms with Crippen LogP contribution in [0.15, 0.2) is 18.2 Å². The zero-order chi connectivity index (χ0) is 13.3. The molecule has 1 aliphatic carbocycles. The molecule has 1 aliphatic rings. The van der Waals surface area contributed by atoms with Gasteiger partial charge in [-0.1, -0.05) is 0 Å². The van der Waals surface area contributed by atoms with Crippen LogP contribution in [0.3, 0.4) is 0 Å². The van der Waals surface area contributed by atoms with Crippen LogP contribution in [0.2, 0.25) is 0 Å². The molecule has 1 amide bonds. The molecule has 1 fully saturated rings. The van der Waals surface area contributed by atoms with E-state index in [-0.39, 0.29) is 17.6 Å². The van der Waals surface area contributed by atoms with Gasteiger partial charge in [0.05, 0.1) is 11.7 Å². The zero-order valence-electron chi connectivity index (χ0n) is 10.6. The lowest BCUT2D eigenvalue weighted by molar-refractivity contribution is -0.120. The van der Waals surface area contributed by atoms with Crippen LogP contribution in [-0.4, -0.2) is 29.9 Å². The van der Waals surface area contributed by atoms with E-state index in [1.807, 2.05) is 18.9 Å². The minimum absolute atomic E-state index is 0.135. The molecule has 0 aliphatic heterocycles. The number of nitrogens with one attached hydrogen (secondary N) is 1. The molecule has 1 unspecified atom stereocenters. The average Bonchev–Trinajstić information content (AvgIpc) is 3.16. The standard InChI is InChI=1S/C13H18FN3O/c1-8(17(2)10-4-5-10)13(18)16-12-7-9(15)3-6-11(12)14/h3,6-8,10H,4-5,15H2,1-2H3,(H,16,18). The number of rotatable bonds is 4. The molecule has 1 aromatic rings. The number of nitrogens with two attached hydrogens (primary N) is 1. The molecule has 0 heterocycles. The summed E-state index contributed by atoms with van der Waals surface area (Å²) in [7, 11) is 1.91. The Labute approximate surface area is 106 Å². The van der Waals surface area contributed by atoms with Crippen molar-refractivity contribution in [1.29, 1.82) is 0 Å². The van der Waals surface area contributed by atoms with Crippen LogP contribution in [0, 0.1) is 5.82 Å². The Morgan fingerprint density at radius 2 is 2.22 bits per heavy atom. The Morgan fingerprint density at radius 1 is 1.56 bits per heavy atom. The number of hydrogen-bond acceptors (Lipinski definition) is 3. The van der Waals surface area contributed by atoms with Crippen molar-refractivity contribution < 1.29 is 9.18 Å². The van der Waals surface area contributed by atoms with Gasteiger partial charge in [0, 0.05) is 11.7 Å². The normalized spacial score (nSPS) is 16.7. The van der Waals surface area contributed by atoms with E-state index in [1.54, 1.807) is 0 Å². The van der Waals surface area contributed by atoms with E-state index in [0.717, 1.165) is 12.8 Å². The van der Waals surface area contributed by atoms with E-state index in [4.69, 9.17) is 5.73 Å². The fourth-order valence-electron chi connectivity index (χ4n) is 1.86. The van der Waals surface area contributed by atoms with Crippen LogP contribution >= 0.6 is 0 Å². The first-order valence-corrected chi connectivity index (χ1v) is 6.07. The number of amides is 1. The number of halogens is 1. The minimum Gasteiger partial charge on any atom is -0.399 e. The van der Waals surface area contributed by atoms with E-state index in [9.17, 15) is 9.18 Å². The number of carbonyl (C=O) groups is 1. The summed E-state index contributed by atoms with van der Waals surface area (Å²) in [6.45, 7) is 1.82. The van der Waals surface area contributed by atoms with Gasteiger partial charge < -0.3 is 11.1 Å². The molecule has 0 bridgehead atoms. The predicted octanol–water partition coefficient (Wildman–Crippen LogP) is 1.83. The Bertz CT molecular complexity index is 460. The second kappa shape index (κ2) is 4.94. The van der Waals surface area contributed by atoms with Gasteiger partial charge >= 0.3 is 0 Å². The van der Waals surface area contributed by atoms with E-state index in [0.29, 0.717) is 11.7 Å². The van der Waals surface area contributed by atoms with Gasteiger partial charge in [-0.15, -0.1) is 0 Å². The Hall–Kier alpha value is -1.62. The number of likely N-dealkylation sites (N-methyl/N-ethyl adjacent to an activating group) is 1. The number of anilines is 2. The van der Waals surface area contributed by atoms with Crippen LogP contribution in [0.1, 0.15) is 19.8 Å². The summed E-state index contributed by atoms with van der Waals surface area (Å²) in [5.41, 5.74) is 6.13. The largest absolute Gasteiger partial charge is 0.399 e. The van der Waals surface area contributed by atoms with Crippen molar-refractivity contribution in [2.45, 2.75) is 31.8 Å². The summed E-state index contributed by atoms with van der Waals surface area (Å²) in [6.07, 6.45) is 2.25. The molecular weight excluding hydrogens is 233 g/mol. The van der Waals surface area contributed by atoms with Crippen molar-refractivity contribution in [2.24, 2.45) is 0 Å². The fraction of sp³-hybridized carbons (Fsp3) is 0.462. The summed E-state index contributed by atoms with van der Waals surface area (Å²) in [4.78, 5) is 14.0. The molecule has 5 heteroatoms. The Kier molecular flexibility index (Phi) is 3.52. The number of benzene rings is 1. The van der Waals surface area contributed by atoms with E-state index < -0.39 is 5.82 Å². The van der Waals surface area contributed by atoms with Gasteiger partial charge in [0.15, 0.2) is 0 Å². The van der Waals surface area contributed by atoms with Gasteiger partial charge in [-0.2, -0.15) is 0 Å². The molecule has 98 valence electrons. The molecule has 0 spiro atoms. The first-order chi connectivity index (χ1) is 8.49. The van der Waals surface area contributed by atoms with Crippen molar-refractivity contribution in [3.63, 3.8) is 0 Å². The highest BCUT2D eigenvalue weighted by Crippen LogP contribution is 2.27. The molecule has 1 atom stereocenters. The molecule has 18 heavy (non-hydrogen) atoms. The first kappa shape index (κ1) is 12.8. The van der Waals surface area contributed by atoms with Gasteiger partial charge in [-0.3, -0.25) is 9.69 Å². The highest BCUT2D eigenvalue weighted by atomic mass is 19.1. The SMILES string of the molecule is CC(C(=O)Nc1cc(N)ccc1F)N(C)C1CC1. The van der Waals surface area contributed by atoms with Crippen LogP contribution < -0.4 is 11.1 Å². The summed E-state index contributed by atoms with van der Waals surface area (Å²) in [6, 6.07) is 4.34. The number of nitrogens with zero attached hydrogens (tertiary/aromatic N) is 1. The molecule has 1 aromatic carbocycles. The van der Waals surface area contributed by atoms with Gasteiger partial charge in [0.2, 0.25) is 5.91 Å². The average molecular weight is 251 g/mol. The lowest BCUT2D eigenvalue weighted by Gasteiger charge is -2.23. The first-order valence-electron chi connectivity index (χ1n) is 6.07. The maximum Gasteiger partial charge on any atom is 0.241 e. The van der Waals surface area contributed by atoms with Crippen molar-refractivity contribution in [3.8, 4) is 0 Å². The quantitative estimate of drug-likeness (QED) is 0.803.